The zero-order valence-corrected chi connectivity index (χ0v) is 13.0. The van der Waals surface area contributed by atoms with Gasteiger partial charge in [-0.3, -0.25) is 0 Å². The number of hydrogen-bond donors (Lipinski definition) is 1. The van der Waals surface area contributed by atoms with E-state index in [2.05, 4.69) is 47.0 Å². The average molecular weight is 315 g/mol. The molecular weight excluding hydrogens is 296 g/mol. The second-order valence-corrected chi connectivity index (χ2v) is 8.14. The summed E-state index contributed by atoms with van der Waals surface area (Å²) in [5.41, 5.74) is 0.859. The molecule has 3 unspecified atom stereocenters. The van der Waals surface area contributed by atoms with E-state index in [9.17, 15) is 0 Å². The highest BCUT2D eigenvalue weighted by molar-refractivity contribution is 9.10. The van der Waals surface area contributed by atoms with Gasteiger partial charge in [0.05, 0.1) is 0 Å². The van der Waals surface area contributed by atoms with Gasteiger partial charge in [-0.05, 0) is 51.9 Å². The van der Waals surface area contributed by atoms with Crippen LogP contribution in [0.5, 0.6) is 0 Å². The molecule has 4 heteroatoms. The SMILES string of the molecule is CC12CCC(C1)C(C)(C)C2Nc1nc(Br)cs1. The number of rotatable bonds is 2. The van der Waals surface area contributed by atoms with E-state index in [-0.39, 0.29) is 0 Å². The van der Waals surface area contributed by atoms with E-state index in [0.29, 0.717) is 16.9 Å². The van der Waals surface area contributed by atoms with Crippen molar-refractivity contribution in [3.8, 4) is 0 Å². The van der Waals surface area contributed by atoms with Crippen molar-refractivity contribution in [3.63, 3.8) is 0 Å². The molecule has 0 spiro atoms. The van der Waals surface area contributed by atoms with Gasteiger partial charge in [0.15, 0.2) is 5.13 Å². The van der Waals surface area contributed by atoms with Crippen LogP contribution in [0.3, 0.4) is 0 Å². The van der Waals surface area contributed by atoms with Crippen molar-refractivity contribution >= 4 is 32.4 Å². The molecule has 1 aromatic heterocycles. The third-order valence-electron chi connectivity index (χ3n) is 5.01. The Morgan fingerprint density at radius 1 is 1.47 bits per heavy atom. The lowest BCUT2D eigenvalue weighted by molar-refractivity contribution is 0.155. The van der Waals surface area contributed by atoms with Crippen LogP contribution in [0.1, 0.15) is 40.0 Å². The van der Waals surface area contributed by atoms with E-state index in [1.807, 2.05) is 5.38 Å². The van der Waals surface area contributed by atoms with E-state index in [1.165, 1.54) is 19.3 Å². The van der Waals surface area contributed by atoms with E-state index in [0.717, 1.165) is 15.7 Å². The molecule has 3 atom stereocenters. The Hall–Kier alpha value is -0.0900. The van der Waals surface area contributed by atoms with Gasteiger partial charge in [0.2, 0.25) is 0 Å². The first kappa shape index (κ1) is 12.0. The van der Waals surface area contributed by atoms with E-state index < -0.39 is 0 Å². The molecule has 2 fully saturated rings. The number of nitrogens with zero attached hydrogens (tertiary/aromatic N) is 1. The minimum Gasteiger partial charge on any atom is -0.358 e. The van der Waals surface area contributed by atoms with Gasteiger partial charge in [-0.2, -0.15) is 0 Å². The zero-order valence-electron chi connectivity index (χ0n) is 10.6. The van der Waals surface area contributed by atoms with Crippen molar-refractivity contribution in [2.24, 2.45) is 16.7 Å². The number of fused-ring (bicyclic) bond motifs is 2. The normalized spacial score (nSPS) is 38.6. The van der Waals surface area contributed by atoms with Crippen LogP contribution < -0.4 is 5.32 Å². The molecule has 1 heterocycles. The van der Waals surface area contributed by atoms with Gasteiger partial charge >= 0.3 is 0 Å². The molecule has 0 amide bonds. The van der Waals surface area contributed by atoms with Crippen LogP contribution in [0, 0.1) is 16.7 Å². The molecule has 3 rings (SSSR count). The van der Waals surface area contributed by atoms with Crippen molar-refractivity contribution in [1.29, 1.82) is 0 Å². The van der Waals surface area contributed by atoms with Crippen LogP contribution in [0.2, 0.25) is 0 Å². The molecule has 0 aromatic carbocycles. The summed E-state index contributed by atoms with van der Waals surface area (Å²) in [6.07, 6.45) is 4.15. The molecule has 2 saturated carbocycles. The highest BCUT2D eigenvalue weighted by Crippen LogP contribution is 2.63. The Morgan fingerprint density at radius 3 is 2.76 bits per heavy atom. The quantitative estimate of drug-likeness (QED) is 0.867. The second kappa shape index (κ2) is 3.70. The maximum atomic E-state index is 4.48. The van der Waals surface area contributed by atoms with E-state index >= 15 is 0 Å². The van der Waals surface area contributed by atoms with Crippen molar-refractivity contribution < 1.29 is 0 Å². The first-order chi connectivity index (χ1) is 7.92. The minimum atomic E-state index is 0.394. The third-order valence-corrected chi connectivity index (χ3v) is 6.50. The van der Waals surface area contributed by atoms with Gasteiger partial charge in [-0.25, -0.2) is 4.98 Å². The summed E-state index contributed by atoms with van der Waals surface area (Å²) in [6.45, 7) is 7.28. The highest BCUT2D eigenvalue weighted by Gasteiger charge is 2.59. The van der Waals surface area contributed by atoms with Crippen molar-refractivity contribution in [2.45, 2.75) is 46.1 Å². The summed E-state index contributed by atoms with van der Waals surface area (Å²) in [6, 6.07) is 0.562. The minimum absolute atomic E-state index is 0.394. The Labute approximate surface area is 115 Å². The molecule has 1 N–H and O–H groups in total. The maximum absolute atomic E-state index is 4.48. The summed E-state index contributed by atoms with van der Waals surface area (Å²) in [5.74, 6) is 0.883. The van der Waals surface area contributed by atoms with Gasteiger partial charge < -0.3 is 5.32 Å². The van der Waals surface area contributed by atoms with Crippen LogP contribution in [0.15, 0.2) is 9.98 Å². The number of anilines is 1. The predicted molar refractivity (Wildman–Crippen MR) is 76.5 cm³/mol. The number of halogens is 1. The first-order valence-corrected chi connectivity index (χ1v) is 7.97. The molecule has 0 saturated heterocycles. The molecule has 2 aliphatic rings. The first-order valence-electron chi connectivity index (χ1n) is 6.29. The molecular formula is C13H19BrN2S. The highest BCUT2D eigenvalue weighted by atomic mass is 79.9. The van der Waals surface area contributed by atoms with Crippen LogP contribution >= 0.6 is 27.3 Å². The molecule has 0 aliphatic heterocycles. The molecule has 17 heavy (non-hydrogen) atoms. The second-order valence-electron chi connectivity index (χ2n) is 6.47. The number of thiazole rings is 1. The van der Waals surface area contributed by atoms with Crippen molar-refractivity contribution in [3.05, 3.63) is 9.98 Å². The Morgan fingerprint density at radius 2 is 2.24 bits per heavy atom. The van der Waals surface area contributed by atoms with Crippen LogP contribution in [-0.2, 0) is 0 Å². The molecule has 2 nitrogen and oxygen atoms in total. The van der Waals surface area contributed by atoms with Gasteiger partial charge in [0.25, 0.3) is 0 Å². The van der Waals surface area contributed by atoms with Gasteiger partial charge in [0, 0.05) is 11.4 Å². The average Bonchev–Trinajstić information content (AvgIpc) is 2.85. The number of aromatic nitrogens is 1. The monoisotopic (exact) mass is 314 g/mol. The molecule has 94 valence electrons. The van der Waals surface area contributed by atoms with E-state index in [1.54, 1.807) is 11.3 Å². The van der Waals surface area contributed by atoms with E-state index in [4.69, 9.17) is 0 Å². The van der Waals surface area contributed by atoms with Gasteiger partial charge in [-0.1, -0.05) is 20.8 Å². The van der Waals surface area contributed by atoms with Crippen molar-refractivity contribution in [2.75, 3.05) is 5.32 Å². The Balaban J connectivity index is 1.87. The maximum Gasteiger partial charge on any atom is 0.183 e. The fourth-order valence-corrected chi connectivity index (χ4v) is 5.28. The summed E-state index contributed by atoms with van der Waals surface area (Å²) < 4.78 is 0.941. The molecule has 2 bridgehead atoms. The topological polar surface area (TPSA) is 24.9 Å². The number of hydrogen-bond acceptors (Lipinski definition) is 3. The lowest BCUT2D eigenvalue weighted by Crippen LogP contribution is -2.45. The van der Waals surface area contributed by atoms with Crippen LogP contribution in [-0.4, -0.2) is 11.0 Å². The molecule has 2 aliphatic carbocycles. The molecule has 1 aromatic rings. The largest absolute Gasteiger partial charge is 0.358 e. The standard InChI is InChI=1S/C13H19BrN2S/c1-12(2)8-4-5-13(3,6-8)10(12)16-11-15-9(14)7-17-11/h7-8,10H,4-6H2,1-3H3,(H,15,16). The summed E-state index contributed by atoms with van der Waals surface area (Å²) in [4.78, 5) is 4.48. The van der Waals surface area contributed by atoms with Crippen LogP contribution in [0.4, 0.5) is 5.13 Å². The number of nitrogens with one attached hydrogen (secondary N) is 1. The van der Waals surface area contributed by atoms with Gasteiger partial charge in [0.1, 0.15) is 4.60 Å². The molecule has 0 radical (unpaired) electrons. The van der Waals surface area contributed by atoms with Crippen LogP contribution in [0.25, 0.3) is 0 Å². The summed E-state index contributed by atoms with van der Waals surface area (Å²) in [7, 11) is 0. The predicted octanol–water partition coefficient (Wildman–Crippen LogP) is 4.53. The summed E-state index contributed by atoms with van der Waals surface area (Å²) in [5, 5.41) is 6.81. The van der Waals surface area contributed by atoms with Crippen molar-refractivity contribution in [1.82, 2.24) is 4.98 Å². The Kier molecular flexibility index (Phi) is 2.61. The lowest BCUT2D eigenvalue weighted by Gasteiger charge is -2.43. The Bertz CT molecular complexity index is 438. The third kappa shape index (κ3) is 1.75. The summed E-state index contributed by atoms with van der Waals surface area (Å²) >= 11 is 5.12. The fourth-order valence-electron chi connectivity index (χ4n) is 4.11. The lowest BCUT2D eigenvalue weighted by atomic mass is 9.68. The fraction of sp³-hybridized carbons (Fsp3) is 0.769. The zero-order chi connectivity index (χ0) is 12.3. The smallest absolute Gasteiger partial charge is 0.183 e. The van der Waals surface area contributed by atoms with Gasteiger partial charge in [-0.15, -0.1) is 11.3 Å².